The Labute approximate surface area is 274 Å². The Kier molecular flexibility index (Phi) is 10.9. The van der Waals surface area contributed by atoms with Crippen molar-refractivity contribution in [2.75, 3.05) is 6.54 Å². The molecule has 4 aromatic rings. The van der Waals surface area contributed by atoms with Gasteiger partial charge in [0.05, 0.1) is 29.0 Å². The fourth-order valence-corrected chi connectivity index (χ4v) is 6.55. The van der Waals surface area contributed by atoms with Crippen LogP contribution in [0.15, 0.2) is 58.4 Å². The molecule has 0 saturated carbocycles. The van der Waals surface area contributed by atoms with Gasteiger partial charge in [-0.05, 0) is 92.8 Å². The molecule has 9 nitrogen and oxygen atoms in total. The largest absolute Gasteiger partial charge is 0.386 e. The third kappa shape index (κ3) is 8.04. The van der Waals surface area contributed by atoms with Gasteiger partial charge in [0.15, 0.2) is 5.82 Å². The molecule has 11 heteroatoms. The van der Waals surface area contributed by atoms with E-state index in [9.17, 15) is 4.79 Å². The average molecular weight is 649 g/mol. The minimum atomic E-state index is -0.513. The Morgan fingerprint density at radius 2 is 1.93 bits per heavy atom. The predicted molar refractivity (Wildman–Crippen MR) is 186 cm³/mol. The van der Waals surface area contributed by atoms with Crippen molar-refractivity contribution in [3.63, 3.8) is 0 Å². The fourth-order valence-electron chi connectivity index (χ4n) is 6.30. The number of nitrogens with one attached hydrogen (secondary N) is 2. The second kappa shape index (κ2) is 14.9. The van der Waals surface area contributed by atoms with E-state index in [0.29, 0.717) is 45.8 Å². The Morgan fingerprint density at radius 1 is 1.17 bits per heavy atom. The van der Waals surface area contributed by atoms with Crippen LogP contribution in [0.4, 0.5) is 4.39 Å². The van der Waals surface area contributed by atoms with Crippen molar-refractivity contribution >= 4 is 28.5 Å². The lowest BCUT2D eigenvalue weighted by molar-refractivity contribution is 0.283. The van der Waals surface area contributed by atoms with Crippen molar-refractivity contribution in [1.82, 2.24) is 19.9 Å². The molecular weight excluding hydrogens is 603 g/mol. The van der Waals surface area contributed by atoms with E-state index in [-0.39, 0.29) is 29.7 Å². The number of fused-ring (bicyclic) bond motifs is 1. The van der Waals surface area contributed by atoms with Gasteiger partial charge >= 0.3 is 5.69 Å². The zero-order valence-electron chi connectivity index (χ0n) is 26.9. The molecule has 2 aromatic carbocycles. The van der Waals surface area contributed by atoms with E-state index in [2.05, 4.69) is 46.3 Å². The summed E-state index contributed by atoms with van der Waals surface area (Å²) in [6, 6.07) is 14.0. The summed E-state index contributed by atoms with van der Waals surface area (Å²) < 4.78 is 16.7. The minimum absolute atomic E-state index is 0.0582. The lowest BCUT2D eigenvalue weighted by atomic mass is 9.88. The molecular formula is C35H46ClFN8O. The van der Waals surface area contributed by atoms with Gasteiger partial charge in [-0.25, -0.2) is 9.18 Å². The number of hydrogen-bond acceptors (Lipinski definition) is 6. The highest BCUT2D eigenvalue weighted by Gasteiger charge is 2.26. The van der Waals surface area contributed by atoms with Crippen molar-refractivity contribution in [3.05, 3.63) is 81.1 Å². The number of benzene rings is 2. The molecule has 1 fully saturated rings. The monoisotopic (exact) mass is 648 g/mol. The summed E-state index contributed by atoms with van der Waals surface area (Å²) in [5.41, 5.74) is 21.1. The molecule has 0 amide bonds. The SMILES string of the molecule is CC(C)C(C[C@@H]1CCC[C@@H](c2ccc(-n3cc4cc(-c5cc(CCC[C@H](C)N)cc(Cl)c5F)[nH]c4nc3=O)cc2)N1)N=C(N)CN. The average Bonchev–Trinajstić information content (AvgIpc) is 3.44. The number of rotatable bonds is 12. The van der Waals surface area contributed by atoms with Crippen LogP contribution in [0.3, 0.4) is 0 Å². The highest BCUT2D eigenvalue weighted by molar-refractivity contribution is 6.31. The maximum absolute atomic E-state index is 15.2. The molecule has 0 aliphatic carbocycles. The molecule has 5 rings (SSSR count). The van der Waals surface area contributed by atoms with E-state index < -0.39 is 11.5 Å². The molecule has 0 radical (unpaired) electrons. The van der Waals surface area contributed by atoms with Crippen molar-refractivity contribution in [2.45, 2.75) is 89.9 Å². The molecule has 246 valence electrons. The predicted octanol–water partition coefficient (Wildman–Crippen LogP) is 5.76. The summed E-state index contributed by atoms with van der Waals surface area (Å²) in [5.74, 6) is 0.347. The first kappa shape index (κ1) is 33.8. The zero-order valence-corrected chi connectivity index (χ0v) is 27.7. The van der Waals surface area contributed by atoms with Crippen LogP contribution in [0.25, 0.3) is 28.0 Å². The van der Waals surface area contributed by atoms with E-state index in [1.54, 1.807) is 24.4 Å². The van der Waals surface area contributed by atoms with Crippen LogP contribution in [-0.2, 0) is 6.42 Å². The Bertz CT molecular complexity index is 1730. The van der Waals surface area contributed by atoms with E-state index in [1.807, 2.05) is 19.1 Å². The number of nitrogens with two attached hydrogens (primary N) is 3. The highest BCUT2D eigenvalue weighted by Crippen LogP contribution is 2.32. The van der Waals surface area contributed by atoms with Crippen molar-refractivity contribution in [3.8, 4) is 16.9 Å². The smallest absolute Gasteiger partial charge is 0.354 e. The molecule has 3 heterocycles. The Morgan fingerprint density at radius 3 is 2.63 bits per heavy atom. The number of piperidine rings is 1. The first-order valence-electron chi connectivity index (χ1n) is 16.3. The van der Waals surface area contributed by atoms with Gasteiger partial charge < -0.3 is 27.5 Å². The molecule has 1 saturated heterocycles. The number of aromatic amines is 1. The molecule has 0 spiro atoms. The lowest BCUT2D eigenvalue weighted by Gasteiger charge is -2.34. The second-order valence-corrected chi connectivity index (χ2v) is 13.4. The number of amidine groups is 1. The molecule has 1 unspecified atom stereocenters. The quantitative estimate of drug-likeness (QED) is 0.0973. The van der Waals surface area contributed by atoms with E-state index in [1.165, 1.54) is 10.1 Å². The zero-order chi connectivity index (χ0) is 33.0. The van der Waals surface area contributed by atoms with Crippen LogP contribution in [0.5, 0.6) is 0 Å². The number of aromatic nitrogens is 3. The second-order valence-electron chi connectivity index (χ2n) is 13.0. The summed E-state index contributed by atoms with van der Waals surface area (Å²) in [4.78, 5) is 25.2. The van der Waals surface area contributed by atoms with Gasteiger partial charge in [-0.1, -0.05) is 44.0 Å². The summed E-state index contributed by atoms with van der Waals surface area (Å²) in [6.45, 7) is 6.56. The van der Waals surface area contributed by atoms with Crippen LogP contribution in [0.2, 0.25) is 5.02 Å². The van der Waals surface area contributed by atoms with Crippen LogP contribution in [-0.4, -0.2) is 45.0 Å². The molecule has 46 heavy (non-hydrogen) atoms. The summed E-state index contributed by atoms with van der Waals surface area (Å²) in [6.07, 6.45) is 8.35. The topological polar surface area (TPSA) is 153 Å². The first-order chi connectivity index (χ1) is 22.0. The molecule has 1 aliphatic rings. The molecule has 0 bridgehead atoms. The summed E-state index contributed by atoms with van der Waals surface area (Å²) in [5, 5.41) is 4.56. The van der Waals surface area contributed by atoms with Gasteiger partial charge in [-0.2, -0.15) is 4.98 Å². The Balaban J connectivity index is 1.34. The van der Waals surface area contributed by atoms with E-state index >= 15 is 4.39 Å². The van der Waals surface area contributed by atoms with Crippen molar-refractivity contribution in [2.24, 2.45) is 28.1 Å². The number of hydrogen-bond donors (Lipinski definition) is 5. The maximum atomic E-state index is 15.2. The third-order valence-electron chi connectivity index (χ3n) is 8.90. The van der Waals surface area contributed by atoms with E-state index in [4.69, 9.17) is 28.8 Å². The fraction of sp³-hybridized carbons (Fsp3) is 0.457. The number of aryl methyl sites for hydroxylation is 1. The molecule has 2 aromatic heterocycles. The lowest BCUT2D eigenvalue weighted by Crippen LogP contribution is -2.40. The van der Waals surface area contributed by atoms with Crippen LogP contribution in [0.1, 0.15) is 76.5 Å². The van der Waals surface area contributed by atoms with Gasteiger partial charge in [0.2, 0.25) is 0 Å². The van der Waals surface area contributed by atoms with Gasteiger partial charge in [0.1, 0.15) is 11.5 Å². The molecule has 4 atom stereocenters. The van der Waals surface area contributed by atoms with E-state index in [0.717, 1.165) is 50.5 Å². The number of aliphatic imine (C=N–C) groups is 1. The molecule has 8 N–H and O–H groups in total. The van der Waals surface area contributed by atoms with Gasteiger partial charge in [0.25, 0.3) is 0 Å². The number of nitrogens with zero attached hydrogens (tertiary/aromatic N) is 3. The van der Waals surface area contributed by atoms with Gasteiger partial charge in [-0.15, -0.1) is 0 Å². The summed E-state index contributed by atoms with van der Waals surface area (Å²) in [7, 11) is 0. The maximum Gasteiger partial charge on any atom is 0.354 e. The van der Waals surface area contributed by atoms with Crippen LogP contribution >= 0.6 is 11.6 Å². The normalized spacial score (nSPS) is 18.7. The minimum Gasteiger partial charge on any atom is -0.386 e. The van der Waals surface area contributed by atoms with Gasteiger partial charge in [0, 0.05) is 35.3 Å². The van der Waals surface area contributed by atoms with Crippen molar-refractivity contribution in [1.29, 1.82) is 0 Å². The summed E-state index contributed by atoms with van der Waals surface area (Å²) >= 11 is 6.27. The van der Waals surface area contributed by atoms with Crippen LogP contribution in [0, 0.1) is 11.7 Å². The standard InChI is InChI=1S/C35H46ClFN8O/c1-20(2)30(42-32(40)18-38)17-25-8-5-9-29(41-25)23-10-12-26(13-11-23)45-19-24-16-31(43-34(24)44-35(45)46)27-14-22(7-4-6-21(3)39)15-28(36)33(27)37/h10-16,19-21,25,29-30,41H,4-9,17-18,38-39H2,1-3H3,(H2,40,42)(H,43,44,46)/t21-,25-,29-,30?/m0/s1. The van der Waals surface area contributed by atoms with Crippen LogP contribution < -0.4 is 28.2 Å². The number of H-pyrrole nitrogens is 1. The van der Waals surface area contributed by atoms with Gasteiger partial charge in [-0.3, -0.25) is 9.56 Å². The Hall–Kier alpha value is -3.57. The number of halogens is 2. The first-order valence-corrected chi connectivity index (χ1v) is 16.6. The third-order valence-corrected chi connectivity index (χ3v) is 9.18. The molecule has 1 aliphatic heterocycles. The van der Waals surface area contributed by atoms with Crippen molar-refractivity contribution < 1.29 is 4.39 Å². The highest BCUT2D eigenvalue weighted by atomic mass is 35.5.